The zero-order valence-electron chi connectivity index (χ0n) is 12.3. The van der Waals surface area contributed by atoms with E-state index in [1.807, 2.05) is 24.3 Å². The van der Waals surface area contributed by atoms with Gasteiger partial charge in [0.1, 0.15) is 6.07 Å². The van der Waals surface area contributed by atoms with Crippen molar-refractivity contribution >= 4 is 18.9 Å². The first-order valence-corrected chi connectivity index (χ1v) is 10.3. The predicted molar refractivity (Wildman–Crippen MR) is 87.9 cm³/mol. The molecular weight excluding hydrogens is 260 g/mol. The Kier molecular flexibility index (Phi) is 4.26. The van der Waals surface area contributed by atoms with Crippen LogP contribution in [0.15, 0.2) is 48.5 Å². The zero-order valence-corrected chi connectivity index (χ0v) is 13.3. The van der Waals surface area contributed by atoms with E-state index in [0.717, 1.165) is 12.2 Å². The molecule has 2 aromatic rings. The quantitative estimate of drug-likeness (QED) is 0.867. The summed E-state index contributed by atoms with van der Waals surface area (Å²) in [5.41, 5.74) is 2.82. The predicted octanol–water partition coefficient (Wildman–Crippen LogP) is 3.72. The lowest BCUT2D eigenvalue weighted by Crippen LogP contribution is -2.37. The summed E-state index contributed by atoms with van der Waals surface area (Å²) >= 11 is 0. The van der Waals surface area contributed by atoms with E-state index < -0.39 is 8.07 Å². The molecule has 0 atom stereocenters. The second kappa shape index (κ2) is 5.94. The van der Waals surface area contributed by atoms with E-state index in [2.05, 4.69) is 55.3 Å². The van der Waals surface area contributed by atoms with Crippen molar-refractivity contribution in [3.05, 3.63) is 59.7 Å². The minimum absolute atomic E-state index is 0.686. The highest BCUT2D eigenvalue weighted by molar-refractivity contribution is 6.88. The fraction of sp³-hybridized carbons (Fsp3) is 0.235. The first kappa shape index (κ1) is 14.4. The van der Waals surface area contributed by atoms with E-state index in [1.165, 1.54) is 10.8 Å². The van der Waals surface area contributed by atoms with Crippen molar-refractivity contribution in [2.24, 2.45) is 0 Å². The van der Waals surface area contributed by atoms with Crippen molar-refractivity contribution in [3.63, 3.8) is 0 Å². The van der Waals surface area contributed by atoms with Gasteiger partial charge in [-0.15, -0.1) is 0 Å². The molecule has 2 rings (SSSR count). The van der Waals surface area contributed by atoms with Crippen LogP contribution in [0.25, 0.3) is 0 Å². The number of benzene rings is 2. The van der Waals surface area contributed by atoms with Gasteiger partial charge in [0.05, 0.1) is 19.3 Å². The highest BCUT2D eigenvalue weighted by Gasteiger charge is 2.15. The van der Waals surface area contributed by atoms with Gasteiger partial charge in [-0.3, -0.25) is 0 Å². The summed E-state index contributed by atoms with van der Waals surface area (Å²) in [4.78, 5) is 0. The van der Waals surface area contributed by atoms with E-state index >= 15 is 0 Å². The Bertz CT molecular complexity index is 619. The summed E-state index contributed by atoms with van der Waals surface area (Å²) in [6.45, 7) is 7.79. The minimum Gasteiger partial charge on any atom is -0.380 e. The van der Waals surface area contributed by atoms with Gasteiger partial charge in [-0.2, -0.15) is 5.26 Å². The molecule has 0 aromatic heterocycles. The normalized spacial score (nSPS) is 10.9. The number of anilines is 1. The summed E-state index contributed by atoms with van der Waals surface area (Å²) in [5.74, 6) is 0. The van der Waals surface area contributed by atoms with Crippen molar-refractivity contribution in [1.82, 2.24) is 0 Å². The Morgan fingerprint density at radius 3 is 2.25 bits per heavy atom. The van der Waals surface area contributed by atoms with E-state index in [4.69, 9.17) is 5.26 Å². The maximum atomic E-state index is 9.06. The molecular formula is C17H20N2Si. The molecule has 0 radical (unpaired) electrons. The van der Waals surface area contributed by atoms with E-state index in [0.29, 0.717) is 5.56 Å². The number of hydrogen-bond donors (Lipinski definition) is 1. The van der Waals surface area contributed by atoms with Crippen molar-refractivity contribution < 1.29 is 0 Å². The molecule has 0 unspecified atom stereocenters. The fourth-order valence-corrected chi connectivity index (χ4v) is 3.22. The standard InChI is InChI=1S/C17H20N2Si/c1-20(2,3)16-10-8-14(9-11-16)13-19-17-7-5-4-6-15(17)12-18/h4-11,19H,13H2,1-3H3. The van der Waals surface area contributed by atoms with Crippen LogP contribution >= 0.6 is 0 Å². The Morgan fingerprint density at radius 2 is 1.65 bits per heavy atom. The van der Waals surface area contributed by atoms with Gasteiger partial charge in [0.25, 0.3) is 0 Å². The van der Waals surface area contributed by atoms with Gasteiger partial charge >= 0.3 is 0 Å². The number of nitriles is 1. The molecule has 20 heavy (non-hydrogen) atoms. The molecule has 2 aromatic carbocycles. The van der Waals surface area contributed by atoms with E-state index in [9.17, 15) is 0 Å². The molecule has 0 spiro atoms. The summed E-state index contributed by atoms with van der Waals surface area (Å²) in [5, 5.41) is 13.9. The SMILES string of the molecule is C[Si](C)(C)c1ccc(CNc2ccccc2C#N)cc1. The van der Waals surface area contributed by atoms with Gasteiger partial charge in [0, 0.05) is 6.54 Å². The van der Waals surface area contributed by atoms with Gasteiger partial charge in [0.2, 0.25) is 0 Å². The highest BCUT2D eigenvalue weighted by atomic mass is 28.3. The van der Waals surface area contributed by atoms with Crippen molar-refractivity contribution in [3.8, 4) is 6.07 Å². The lowest BCUT2D eigenvalue weighted by Gasteiger charge is -2.17. The van der Waals surface area contributed by atoms with Crippen LogP contribution in [-0.4, -0.2) is 8.07 Å². The lowest BCUT2D eigenvalue weighted by atomic mass is 10.1. The number of hydrogen-bond acceptors (Lipinski definition) is 2. The highest BCUT2D eigenvalue weighted by Crippen LogP contribution is 2.15. The average molecular weight is 280 g/mol. The topological polar surface area (TPSA) is 35.8 Å². The van der Waals surface area contributed by atoms with Crippen LogP contribution in [0.2, 0.25) is 19.6 Å². The first-order chi connectivity index (χ1) is 9.50. The van der Waals surface area contributed by atoms with Crippen LogP contribution in [0.4, 0.5) is 5.69 Å². The second-order valence-corrected chi connectivity index (χ2v) is 11.0. The van der Waals surface area contributed by atoms with Gasteiger partial charge in [-0.25, -0.2) is 0 Å². The Hall–Kier alpha value is -2.05. The maximum Gasteiger partial charge on any atom is 0.101 e. The van der Waals surface area contributed by atoms with E-state index in [1.54, 1.807) is 0 Å². The van der Waals surface area contributed by atoms with Gasteiger partial charge in [-0.1, -0.05) is 61.2 Å². The van der Waals surface area contributed by atoms with Crippen LogP contribution in [0, 0.1) is 11.3 Å². The average Bonchev–Trinajstić information content (AvgIpc) is 2.45. The third kappa shape index (κ3) is 3.49. The van der Waals surface area contributed by atoms with Crippen molar-refractivity contribution in [2.45, 2.75) is 26.2 Å². The van der Waals surface area contributed by atoms with Crippen molar-refractivity contribution in [2.75, 3.05) is 5.32 Å². The zero-order chi connectivity index (χ0) is 14.6. The Morgan fingerprint density at radius 1 is 1.00 bits per heavy atom. The van der Waals surface area contributed by atoms with Crippen LogP contribution < -0.4 is 10.5 Å². The smallest absolute Gasteiger partial charge is 0.101 e. The molecule has 0 fully saturated rings. The van der Waals surface area contributed by atoms with Gasteiger partial charge in [0.15, 0.2) is 0 Å². The number of rotatable bonds is 4. The third-order valence-corrected chi connectivity index (χ3v) is 5.42. The molecule has 0 bridgehead atoms. The molecule has 102 valence electrons. The first-order valence-electron chi connectivity index (χ1n) is 6.83. The lowest BCUT2D eigenvalue weighted by molar-refractivity contribution is 1.15. The number of para-hydroxylation sites is 1. The second-order valence-electron chi connectivity index (χ2n) is 5.96. The molecule has 0 saturated carbocycles. The molecule has 3 heteroatoms. The van der Waals surface area contributed by atoms with Gasteiger partial charge in [-0.05, 0) is 17.7 Å². The third-order valence-electron chi connectivity index (χ3n) is 3.35. The summed E-state index contributed by atoms with van der Waals surface area (Å²) in [7, 11) is -1.22. The number of nitrogens with one attached hydrogen (secondary N) is 1. The van der Waals surface area contributed by atoms with Crippen LogP contribution in [0.3, 0.4) is 0 Å². The fourth-order valence-electron chi connectivity index (χ4n) is 2.05. The van der Waals surface area contributed by atoms with Crippen molar-refractivity contribution in [1.29, 1.82) is 5.26 Å². The molecule has 0 heterocycles. The van der Waals surface area contributed by atoms with E-state index in [-0.39, 0.29) is 0 Å². The Balaban J connectivity index is 2.07. The summed E-state index contributed by atoms with van der Waals surface area (Å²) in [6, 6.07) is 18.6. The number of nitrogens with zero attached hydrogens (tertiary/aromatic N) is 1. The molecule has 0 aliphatic carbocycles. The molecule has 0 aliphatic heterocycles. The molecule has 2 nitrogen and oxygen atoms in total. The molecule has 0 aliphatic rings. The van der Waals surface area contributed by atoms with Crippen LogP contribution in [0.1, 0.15) is 11.1 Å². The summed E-state index contributed by atoms with van der Waals surface area (Å²) in [6.07, 6.45) is 0. The Labute approximate surface area is 122 Å². The molecule has 0 amide bonds. The molecule has 0 saturated heterocycles. The van der Waals surface area contributed by atoms with Crippen LogP contribution in [-0.2, 0) is 6.54 Å². The monoisotopic (exact) mass is 280 g/mol. The van der Waals surface area contributed by atoms with Gasteiger partial charge < -0.3 is 5.32 Å². The largest absolute Gasteiger partial charge is 0.380 e. The summed E-state index contributed by atoms with van der Waals surface area (Å²) < 4.78 is 0. The minimum atomic E-state index is -1.22. The van der Waals surface area contributed by atoms with Crippen LogP contribution in [0.5, 0.6) is 0 Å². The maximum absolute atomic E-state index is 9.06. The molecule has 1 N–H and O–H groups in total.